The molecule has 66 heavy (non-hydrogen) atoms. The van der Waals surface area contributed by atoms with E-state index in [0.717, 1.165) is 36.1 Å². The molecule has 0 aliphatic heterocycles. The zero-order valence-corrected chi connectivity index (χ0v) is 39.5. The van der Waals surface area contributed by atoms with Crippen molar-refractivity contribution in [2.75, 3.05) is 0 Å². The first-order valence-electron chi connectivity index (χ1n) is 22.3. The van der Waals surface area contributed by atoms with Crippen molar-refractivity contribution in [3.05, 3.63) is 119 Å². The van der Waals surface area contributed by atoms with E-state index in [-0.39, 0.29) is 79.5 Å². The molecule has 350 valence electrons. The lowest BCUT2D eigenvalue weighted by molar-refractivity contribution is 0.103. The van der Waals surface area contributed by atoms with Crippen LogP contribution in [-0.4, -0.2) is 46.4 Å². The highest BCUT2D eigenvalue weighted by atomic mass is 32.2. The van der Waals surface area contributed by atoms with Gasteiger partial charge in [-0.2, -0.15) is 27.1 Å². The molecule has 2 atom stereocenters. The number of hydrogen-bond donors (Lipinski definition) is 6. The zero-order chi connectivity index (χ0) is 48.1. The summed E-state index contributed by atoms with van der Waals surface area (Å²) in [5, 5.41) is 64.5. The van der Waals surface area contributed by atoms with Gasteiger partial charge in [0.25, 0.3) is 20.2 Å². The van der Waals surface area contributed by atoms with E-state index in [1.807, 2.05) is 52.0 Å². The molecule has 6 rings (SSSR count). The minimum absolute atomic E-state index is 0.0722. The van der Waals surface area contributed by atoms with E-state index in [4.69, 9.17) is 0 Å². The van der Waals surface area contributed by atoms with Crippen molar-refractivity contribution in [1.29, 1.82) is 0 Å². The molecule has 14 nitrogen and oxygen atoms in total. The second-order valence-corrected chi connectivity index (χ2v) is 19.4. The van der Waals surface area contributed by atoms with Crippen LogP contribution in [0.15, 0.2) is 127 Å². The molecule has 0 saturated carbocycles. The summed E-state index contributed by atoms with van der Waals surface area (Å²) < 4.78 is 69.9. The normalized spacial score (nSPS) is 14.1. The maximum Gasteiger partial charge on any atom is 0.295 e. The third-order valence-corrected chi connectivity index (χ3v) is 14.8. The molecule has 0 heterocycles. The first kappa shape index (κ1) is 49.8. The Morgan fingerprint density at radius 2 is 0.758 bits per heavy atom. The molecule has 6 aromatic rings. The smallest absolute Gasteiger partial charge is 0.295 e. The van der Waals surface area contributed by atoms with Crippen molar-refractivity contribution in [2.24, 2.45) is 38.2 Å². The van der Waals surface area contributed by atoms with Gasteiger partial charge in [0.1, 0.15) is 21.2 Å². The van der Waals surface area contributed by atoms with E-state index in [9.17, 15) is 46.4 Å². The van der Waals surface area contributed by atoms with E-state index in [1.54, 1.807) is 36.4 Å². The summed E-state index contributed by atoms with van der Waals surface area (Å²) in [6, 6.07) is 25.5. The molecule has 0 bridgehead atoms. The van der Waals surface area contributed by atoms with Crippen LogP contribution in [0, 0.1) is 17.8 Å². The van der Waals surface area contributed by atoms with Crippen LogP contribution in [0.2, 0.25) is 0 Å². The average molecular weight is 939 g/mol. The molecule has 6 N–H and O–H groups in total. The predicted octanol–water partition coefficient (Wildman–Crippen LogP) is 13.2. The lowest BCUT2D eigenvalue weighted by Gasteiger charge is -2.30. The maximum absolute atomic E-state index is 12.4. The fourth-order valence-electron chi connectivity index (χ4n) is 9.08. The summed E-state index contributed by atoms with van der Waals surface area (Å²) in [6.45, 7) is 12.1. The largest absolute Gasteiger partial charge is 0.505 e. The van der Waals surface area contributed by atoms with Gasteiger partial charge >= 0.3 is 0 Å². The third-order valence-electron chi connectivity index (χ3n) is 13.0. The van der Waals surface area contributed by atoms with Crippen LogP contribution in [0.1, 0.15) is 120 Å². The Kier molecular flexibility index (Phi) is 15.8. The van der Waals surface area contributed by atoms with Crippen molar-refractivity contribution in [1.82, 2.24) is 0 Å². The van der Waals surface area contributed by atoms with Gasteiger partial charge in [0, 0.05) is 38.6 Å². The van der Waals surface area contributed by atoms with E-state index in [0.29, 0.717) is 36.8 Å². The second kappa shape index (κ2) is 20.9. The highest BCUT2D eigenvalue weighted by molar-refractivity contribution is 7.86. The summed E-state index contributed by atoms with van der Waals surface area (Å²) in [5.41, 5.74) is 2.82. The minimum atomic E-state index is -4.72. The van der Waals surface area contributed by atoms with Gasteiger partial charge in [-0.1, -0.05) is 153 Å². The molecule has 0 aromatic heterocycles. The molecular weight excluding hydrogens is 881 g/mol. The van der Waals surface area contributed by atoms with Crippen molar-refractivity contribution in [2.45, 2.75) is 108 Å². The number of rotatable bonds is 19. The number of aliphatic hydroxyl groups excluding tert-OH is 2. The topological polar surface area (TPSA) is 239 Å². The van der Waals surface area contributed by atoms with Crippen LogP contribution in [-0.2, 0) is 20.2 Å². The Morgan fingerprint density at radius 3 is 1.08 bits per heavy atom. The predicted molar refractivity (Wildman–Crippen MR) is 256 cm³/mol. The van der Waals surface area contributed by atoms with Crippen molar-refractivity contribution in [3.63, 3.8) is 0 Å². The van der Waals surface area contributed by atoms with Crippen LogP contribution >= 0.6 is 0 Å². The van der Waals surface area contributed by atoms with Crippen LogP contribution in [0.4, 0.5) is 22.7 Å². The highest BCUT2D eigenvalue weighted by Gasteiger charge is 2.30. The summed E-state index contributed by atoms with van der Waals surface area (Å²) in [7, 11) is -9.43. The van der Waals surface area contributed by atoms with Crippen LogP contribution in [0.25, 0.3) is 21.5 Å². The highest BCUT2D eigenvalue weighted by Crippen LogP contribution is 2.46. The molecule has 0 fully saturated rings. The molecule has 16 heteroatoms. The summed E-state index contributed by atoms with van der Waals surface area (Å²) in [6.07, 6.45) is 2.17. The first-order valence-corrected chi connectivity index (χ1v) is 25.2. The number of phenols is 2. The number of phenolic OH excluding ortho intramolecular Hbond substituents is 2. The maximum atomic E-state index is 12.4. The van der Waals surface area contributed by atoms with Gasteiger partial charge in [-0.05, 0) is 53.1 Å². The molecular formula is C50H58N4O10S2. The number of benzene rings is 6. The lowest BCUT2D eigenvalue weighted by atomic mass is 9.76. The van der Waals surface area contributed by atoms with Crippen molar-refractivity contribution < 1.29 is 46.4 Å². The monoisotopic (exact) mass is 938 g/mol. The number of aliphatic hydroxyl groups is 2. The van der Waals surface area contributed by atoms with Gasteiger partial charge in [-0.15, -0.1) is 10.2 Å². The number of fused-ring (bicyclic) bond motifs is 2. The van der Waals surface area contributed by atoms with Crippen LogP contribution < -0.4 is 0 Å². The van der Waals surface area contributed by atoms with Gasteiger partial charge < -0.3 is 20.4 Å². The third kappa shape index (κ3) is 10.3. The van der Waals surface area contributed by atoms with Gasteiger partial charge in [0.15, 0.2) is 11.5 Å². The zero-order valence-electron chi connectivity index (χ0n) is 37.9. The lowest BCUT2D eigenvalue weighted by Crippen LogP contribution is -2.17. The van der Waals surface area contributed by atoms with Crippen LogP contribution in [0.5, 0.6) is 11.5 Å². The Labute approximate surface area is 386 Å². The summed E-state index contributed by atoms with van der Waals surface area (Å²) in [4.78, 5) is -0.880. The molecule has 0 aliphatic carbocycles. The summed E-state index contributed by atoms with van der Waals surface area (Å²) in [5.74, 6) is -1.20. The Balaban J connectivity index is 1.52. The number of azo groups is 2. The SMILES string of the molecule is CCC(CC)C(O)c1cc(C(c2ccc(/N=N/c3cc(S(=O)(=O)O)c4ccccc4c3O)c(C(O)C(CC)CC)c2)C(CC)CC)ccc1/N=N/c1cc(S(=O)(=O)O)c2ccccc2c1O. The molecule has 0 radical (unpaired) electrons. The number of aromatic hydroxyl groups is 2. The molecule has 2 unspecified atom stereocenters. The Bertz CT molecular complexity index is 2800. The van der Waals surface area contributed by atoms with Gasteiger partial charge in [0.05, 0.1) is 23.6 Å². The molecule has 0 amide bonds. The van der Waals surface area contributed by atoms with Crippen molar-refractivity contribution >= 4 is 64.5 Å². The second-order valence-electron chi connectivity index (χ2n) is 16.7. The van der Waals surface area contributed by atoms with E-state index in [2.05, 4.69) is 34.3 Å². The number of hydrogen-bond acceptors (Lipinski definition) is 12. The Hall–Kier alpha value is -5.62. The van der Waals surface area contributed by atoms with Gasteiger partial charge in [-0.3, -0.25) is 9.11 Å². The Morgan fingerprint density at radius 1 is 0.439 bits per heavy atom. The number of nitrogens with zero attached hydrogens (tertiary/aromatic N) is 4. The fourth-order valence-corrected chi connectivity index (χ4v) is 10.5. The fraction of sp³-hybridized carbons (Fsp3) is 0.360. The molecule has 0 spiro atoms. The average Bonchev–Trinajstić information content (AvgIpc) is 3.30. The first-order chi connectivity index (χ1) is 31.4. The molecule has 0 aliphatic rings. The standard InChI is InChI=1S/C50H58N4O10S2/c1-7-29(8-2)46(32-21-23-40(38(25-32)47(55)30(9-3)10-4)51-53-42-27-44(65(59,60)61)34-17-13-15-19-36(34)49(42)57)33-22-24-41(39(26-33)48(56)31(11-5)12-6)52-54-43-28-45(66(62,63)64)35-18-14-16-20-37(35)50(43)58/h13-31,46-48,55-58H,7-12H2,1-6H3,(H,59,60,61)(H,62,63,64)/b53-51+,54-52+. The van der Waals surface area contributed by atoms with Crippen molar-refractivity contribution in [3.8, 4) is 11.5 Å². The van der Waals surface area contributed by atoms with E-state index in [1.165, 1.54) is 24.3 Å². The van der Waals surface area contributed by atoms with Crippen LogP contribution in [0.3, 0.4) is 0 Å². The van der Waals surface area contributed by atoms with E-state index >= 15 is 0 Å². The molecule has 6 aromatic carbocycles. The molecule has 0 saturated heterocycles. The van der Waals surface area contributed by atoms with Gasteiger partial charge in [0.2, 0.25) is 0 Å². The minimum Gasteiger partial charge on any atom is -0.505 e. The van der Waals surface area contributed by atoms with Gasteiger partial charge in [-0.25, -0.2) is 0 Å². The quantitative estimate of drug-likeness (QED) is 0.0331. The summed E-state index contributed by atoms with van der Waals surface area (Å²) >= 11 is 0. The van der Waals surface area contributed by atoms with E-state index < -0.39 is 42.2 Å².